The SMILES string of the molecule is CC(=O)C1CC1COc1ccc(-c2cccc(C(=O)c3ccccc3)c2)cc1. The van der Waals surface area contributed by atoms with Crippen molar-refractivity contribution >= 4 is 11.6 Å². The van der Waals surface area contributed by atoms with Crippen LogP contribution in [0.3, 0.4) is 0 Å². The number of ether oxygens (including phenoxy) is 1. The summed E-state index contributed by atoms with van der Waals surface area (Å²) < 4.78 is 5.81. The molecule has 2 atom stereocenters. The lowest BCUT2D eigenvalue weighted by Gasteiger charge is -2.08. The van der Waals surface area contributed by atoms with Gasteiger partial charge in [-0.2, -0.15) is 0 Å². The van der Waals surface area contributed by atoms with Crippen LogP contribution in [-0.4, -0.2) is 18.2 Å². The molecule has 0 bridgehead atoms. The van der Waals surface area contributed by atoms with Crippen molar-refractivity contribution < 1.29 is 14.3 Å². The molecular formula is C25H22O3. The van der Waals surface area contributed by atoms with E-state index in [2.05, 4.69) is 0 Å². The number of benzene rings is 3. The van der Waals surface area contributed by atoms with E-state index in [4.69, 9.17) is 4.74 Å². The topological polar surface area (TPSA) is 43.4 Å². The molecule has 4 rings (SSSR count). The third-order valence-corrected chi connectivity index (χ3v) is 5.26. The van der Waals surface area contributed by atoms with E-state index in [1.807, 2.05) is 78.9 Å². The monoisotopic (exact) mass is 370 g/mol. The van der Waals surface area contributed by atoms with Crippen molar-refractivity contribution in [2.45, 2.75) is 13.3 Å². The molecule has 3 aromatic rings. The molecule has 28 heavy (non-hydrogen) atoms. The molecule has 2 unspecified atom stereocenters. The Balaban J connectivity index is 1.44. The summed E-state index contributed by atoms with van der Waals surface area (Å²) in [7, 11) is 0. The normalized spacial score (nSPS) is 17.8. The Hall–Kier alpha value is -3.20. The van der Waals surface area contributed by atoms with E-state index < -0.39 is 0 Å². The summed E-state index contributed by atoms with van der Waals surface area (Å²) in [6, 6.07) is 24.8. The lowest BCUT2D eigenvalue weighted by atomic mass is 9.98. The fourth-order valence-electron chi connectivity index (χ4n) is 3.47. The van der Waals surface area contributed by atoms with Crippen LogP contribution < -0.4 is 4.74 Å². The molecule has 3 aromatic carbocycles. The molecule has 3 nitrogen and oxygen atoms in total. The predicted molar refractivity (Wildman–Crippen MR) is 110 cm³/mol. The van der Waals surface area contributed by atoms with Crippen LogP contribution in [0, 0.1) is 11.8 Å². The van der Waals surface area contributed by atoms with E-state index in [0.717, 1.165) is 23.3 Å². The zero-order valence-corrected chi connectivity index (χ0v) is 15.8. The van der Waals surface area contributed by atoms with E-state index >= 15 is 0 Å². The molecule has 1 aliphatic rings. The maximum absolute atomic E-state index is 12.7. The largest absolute Gasteiger partial charge is 0.493 e. The highest BCUT2D eigenvalue weighted by Crippen LogP contribution is 2.39. The third kappa shape index (κ3) is 4.04. The highest BCUT2D eigenvalue weighted by atomic mass is 16.5. The van der Waals surface area contributed by atoms with E-state index in [9.17, 15) is 9.59 Å². The number of rotatable bonds is 7. The van der Waals surface area contributed by atoms with Gasteiger partial charge in [-0.1, -0.05) is 60.7 Å². The molecule has 1 saturated carbocycles. The van der Waals surface area contributed by atoms with Crippen molar-refractivity contribution in [3.05, 3.63) is 90.0 Å². The van der Waals surface area contributed by atoms with Crippen molar-refractivity contribution in [1.82, 2.24) is 0 Å². The number of carbonyl (C=O) groups excluding carboxylic acids is 2. The Labute approximate surface area is 165 Å². The van der Waals surface area contributed by atoms with Gasteiger partial charge in [-0.15, -0.1) is 0 Å². The van der Waals surface area contributed by atoms with Crippen LogP contribution in [0.15, 0.2) is 78.9 Å². The van der Waals surface area contributed by atoms with Gasteiger partial charge >= 0.3 is 0 Å². The van der Waals surface area contributed by atoms with Gasteiger partial charge in [0.15, 0.2) is 5.78 Å². The molecule has 0 aromatic heterocycles. The summed E-state index contributed by atoms with van der Waals surface area (Å²) in [5.74, 6) is 1.62. The molecular weight excluding hydrogens is 348 g/mol. The Morgan fingerprint density at radius 3 is 2.25 bits per heavy atom. The van der Waals surface area contributed by atoms with Crippen molar-refractivity contribution in [1.29, 1.82) is 0 Å². The Morgan fingerprint density at radius 1 is 0.857 bits per heavy atom. The van der Waals surface area contributed by atoms with Gasteiger partial charge in [0.1, 0.15) is 11.5 Å². The molecule has 1 fully saturated rings. The van der Waals surface area contributed by atoms with Gasteiger partial charge in [0.25, 0.3) is 0 Å². The quantitative estimate of drug-likeness (QED) is 0.538. The zero-order valence-electron chi connectivity index (χ0n) is 15.8. The molecule has 3 heteroatoms. The number of hydrogen-bond acceptors (Lipinski definition) is 3. The molecule has 0 aliphatic heterocycles. The van der Waals surface area contributed by atoms with E-state index in [0.29, 0.717) is 23.7 Å². The molecule has 0 radical (unpaired) electrons. The Morgan fingerprint density at radius 2 is 1.57 bits per heavy atom. The standard InChI is InChI=1S/C25H22O3/c1-17(26)24-15-22(24)16-28-23-12-10-18(11-13-23)20-8-5-9-21(14-20)25(27)19-6-3-2-4-7-19/h2-14,22,24H,15-16H2,1H3. The minimum atomic E-state index is 0.0202. The van der Waals surface area contributed by atoms with Gasteiger partial charge in [0.05, 0.1) is 6.61 Å². The van der Waals surface area contributed by atoms with E-state index in [1.54, 1.807) is 6.92 Å². The number of carbonyl (C=O) groups is 2. The first-order chi connectivity index (χ1) is 13.6. The molecule has 1 aliphatic carbocycles. The maximum atomic E-state index is 12.7. The molecule has 0 saturated heterocycles. The predicted octanol–water partition coefficient (Wildman–Crippen LogP) is 5.19. The zero-order chi connectivity index (χ0) is 19.5. The molecule has 0 amide bonds. The molecule has 0 heterocycles. The van der Waals surface area contributed by atoms with Gasteiger partial charge < -0.3 is 4.74 Å². The van der Waals surface area contributed by atoms with Gasteiger partial charge in [0.2, 0.25) is 0 Å². The van der Waals surface area contributed by atoms with Crippen molar-refractivity contribution in [2.24, 2.45) is 11.8 Å². The first-order valence-electron chi connectivity index (χ1n) is 9.55. The average molecular weight is 370 g/mol. The van der Waals surface area contributed by atoms with Crippen LogP contribution in [0.4, 0.5) is 0 Å². The smallest absolute Gasteiger partial charge is 0.193 e. The fraction of sp³-hybridized carbons (Fsp3) is 0.200. The van der Waals surface area contributed by atoms with Crippen molar-refractivity contribution in [3.63, 3.8) is 0 Å². The number of ketones is 2. The Kier molecular flexibility index (Phi) is 5.07. The van der Waals surface area contributed by atoms with Crippen LogP contribution in [0.5, 0.6) is 5.75 Å². The number of Topliss-reactive ketones (excluding diaryl/α,β-unsaturated/α-hetero) is 1. The third-order valence-electron chi connectivity index (χ3n) is 5.26. The summed E-state index contributed by atoms with van der Waals surface area (Å²) in [6.07, 6.45) is 0.940. The Bertz CT molecular complexity index is 990. The average Bonchev–Trinajstić information content (AvgIpc) is 3.53. The fourth-order valence-corrected chi connectivity index (χ4v) is 3.47. The minimum absolute atomic E-state index is 0.0202. The summed E-state index contributed by atoms with van der Waals surface area (Å²) >= 11 is 0. The molecule has 140 valence electrons. The van der Waals surface area contributed by atoms with E-state index in [1.165, 1.54) is 0 Å². The summed E-state index contributed by atoms with van der Waals surface area (Å²) in [5, 5.41) is 0. The lowest BCUT2D eigenvalue weighted by molar-refractivity contribution is -0.118. The highest BCUT2D eigenvalue weighted by molar-refractivity contribution is 6.09. The first-order valence-corrected chi connectivity index (χ1v) is 9.55. The van der Waals surface area contributed by atoms with Gasteiger partial charge in [0, 0.05) is 23.0 Å². The minimum Gasteiger partial charge on any atom is -0.493 e. The second-order valence-electron chi connectivity index (χ2n) is 7.32. The molecule has 0 spiro atoms. The van der Waals surface area contributed by atoms with Crippen LogP contribution >= 0.6 is 0 Å². The molecule has 0 N–H and O–H groups in total. The first kappa shape index (κ1) is 18.2. The maximum Gasteiger partial charge on any atom is 0.193 e. The van der Waals surface area contributed by atoms with Crippen LogP contribution in [0.2, 0.25) is 0 Å². The van der Waals surface area contributed by atoms with Crippen molar-refractivity contribution in [3.8, 4) is 16.9 Å². The number of hydrogen-bond donors (Lipinski definition) is 0. The highest BCUT2D eigenvalue weighted by Gasteiger charge is 2.41. The van der Waals surface area contributed by atoms with Gasteiger partial charge in [-0.3, -0.25) is 9.59 Å². The van der Waals surface area contributed by atoms with Crippen LogP contribution in [0.25, 0.3) is 11.1 Å². The summed E-state index contributed by atoms with van der Waals surface area (Å²) in [6.45, 7) is 2.24. The summed E-state index contributed by atoms with van der Waals surface area (Å²) in [5.41, 5.74) is 3.38. The van der Waals surface area contributed by atoms with Crippen LogP contribution in [-0.2, 0) is 4.79 Å². The van der Waals surface area contributed by atoms with Crippen LogP contribution in [0.1, 0.15) is 29.3 Å². The lowest BCUT2D eigenvalue weighted by Crippen LogP contribution is -2.04. The van der Waals surface area contributed by atoms with Gasteiger partial charge in [-0.05, 0) is 42.7 Å². The van der Waals surface area contributed by atoms with Gasteiger partial charge in [-0.25, -0.2) is 0 Å². The second-order valence-corrected chi connectivity index (χ2v) is 7.32. The van der Waals surface area contributed by atoms with E-state index in [-0.39, 0.29) is 17.5 Å². The summed E-state index contributed by atoms with van der Waals surface area (Å²) in [4.78, 5) is 24.0. The van der Waals surface area contributed by atoms with Crippen molar-refractivity contribution in [2.75, 3.05) is 6.61 Å². The second kappa shape index (κ2) is 7.81.